The number of benzene rings is 1. The van der Waals surface area contributed by atoms with E-state index in [1.807, 2.05) is 31.7 Å². The van der Waals surface area contributed by atoms with Gasteiger partial charge in [0.05, 0.1) is 6.61 Å². The smallest absolute Gasteiger partial charge is 0.0879 e. The summed E-state index contributed by atoms with van der Waals surface area (Å²) >= 11 is 0. The van der Waals surface area contributed by atoms with Crippen LogP contribution in [0.1, 0.15) is 12.5 Å². The Morgan fingerprint density at radius 2 is 2.00 bits per heavy atom. The molecule has 0 spiro atoms. The first kappa shape index (κ1) is 8.28. The Morgan fingerprint density at radius 3 is 2.64 bits per heavy atom. The molecule has 1 rings (SSSR count). The molecule has 0 fully saturated rings. The first-order chi connectivity index (χ1) is 5.43. The van der Waals surface area contributed by atoms with Crippen molar-refractivity contribution < 1.29 is 4.74 Å². The number of hydrogen-bond donors (Lipinski definition) is 0. The SMILES string of the molecule is CCO[CH]Cc1ccccc1. The average Bonchev–Trinajstić information content (AvgIpc) is 2.07. The van der Waals surface area contributed by atoms with Gasteiger partial charge in [-0.1, -0.05) is 30.3 Å². The highest BCUT2D eigenvalue weighted by Crippen LogP contribution is 2.01. The van der Waals surface area contributed by atoms with Crippen LogP contribution < -0.4 is 0 Å². The van der Waals surface area contributed by atoms with Crippen LogP contribution in [-0.4, -0.2) is 6.61 Å². The Labute approximate surface area is 68.0 Å². The van der Waals surface area contributed by atoms with E-state index in [9.17, 15) is 0 Å². The fraction of sp³-hybridized carbons (Fsp3) is 0.300. The van der Waals surface area contributed by atoms with Gasteiger partial charge in [-0.15, -0.1) is 0 Å². The maximum Gasteiger partial charge on any atom is 0.0879 e. The predicted molar refractivity (Wildman–Crippen MR) is 46.1 cm³/mol. The van der Waals surface area contributed by atoms with Crippen LogP contribution in [0.5, 0.6) is 0 Å². The summed E-state index contributed by atoms with van der Waals surface area (Å²) in [6, 6.07) is 10.3. The summed E-state index contributed by atoms with van der Waals surface area (Å²) in [5.74, 6) is 0. The largest absolute Gasteiger partial charge is 0.375 e. The Balaban J connectivity index is 2.28. The normalized spacial score (nSPS) is 9.91. The van der Waals surface area contributed by atoms with Crippen LogP contribution in [0.4, 0.5) is 0 Å². The summed E-state index contributed by atoms with van der Waals surface area (Å²) in [4.78, 5) is 0. The van der Waals surface area contributed by atoms with E-state index in [4.69, 9.17) is 4.74 Å². The molecule has 0 aliphatic heterocycles. The lowest BCUT2D eigenvalue weighted by Crippen LogP contribution is -1.90. The molecule has 1 nitrogen and oxygen atoms in total. The van der Waals surface area contributed by atoms with E-state index in [1.165, 1.54) is 5.56 Å². The first-order valence-corrected chi connectivity index (χ1v) is 3.90. The number of ether oxygens (including phenoxy) is 1. The van der Waals surface area contributed by atoms with Crippen molar-refractivity contribution in [3.63, 3.8) is 0 Å². The molecular weight excluding hydrogens is 136 g/mol. The van der Waals surface area contributed by atoms with Crippen molar-refractivity contribution in [2.45, 2.75) is 13.3 Å². The van der Waals surface area contributed by atoms with E-state index in [1.54, 1.807) is 0 Å². The van der Waals surface area contributed by atoms with E-state index in [-0.39, 0.29) is 0 Å². The topological polar surface area (TPSA) is 9.23 Å². The molecule has 0 atom stereocenters. The van der Waals surface area contributed by atoms with Gasteiger partial charge in [0.1, 0.15) is 0 Å². The molecular formula is C10H13O. The van der Waals surface area contributed by atoms with Gasteiger partial charge in [-0.25, -0.2) is 0 Å². The van der Waals surface area contributed by atoms with Crippen molar-refractivity contribution in [1.29, 1.82) is 0 Å². The molecule has 1 radical (unpaired) electrons. The van der Waals surface area contributed by atoms with E-state index < -0.39 is 0 Å². The average molecular weight is 149 g/mol. The lowest BCUT2D eigenvalue weighted by atomic mass is 10.2. The molecule has 0 saturated carbocycles. The molecule has 1 aromatic carbocycles. The predicted octanol–water partition coefficient (Wildman–Crippen LogP) is 2.43. The number of hydrogen-bond acceptors (Lipinski definition) is 1. The van der Waals surface area contributed by atoms with Crippen LogP contribution in [0.25, 0.3) is 0 Å². The van der Waals surface area contributed by atoms with Gasteiger partial charge in [0.25, 0.3) is 0 Å². The third kappa shape index (κ3) is 3.19. The molecule has 0 amide bonds. The maximum atomic E-state index is 5.11. The van der Waals surface area contributed by atoms with Crippen molar-refractivity contribution in [1.82, 2.24) is 0 Å². The Hall–Kier alpha value is -0.820. The van der Waals surface area contributed by atoms with Crippen LogP contribution in [0, 0.1) is 6.61 Å². The van der Waals surface area contributed by atoms with Crippen molar-refractivity contribution in [2.75, 3.05) is 6.61 Å². The highest BCUT2D eigenvalue weighted by atomic mass is 16.5. The van der Waals surface area contributed by atoms with Crippen molar-refractivity contribution in [3.05, 3.63) is 42.5 Å². The third-order valence-electron chi connectivity index (χ3n) is 1.45. The van der Waals surface area contributed by atoms with Gasteiger partial charge in [-0.05, 0) is 12.5 Å². The Kier molecular flexibility index (Phi) is 3.70. The molecule has 0 N–H and O–H groups in total. The van der Waals surface area contributed by atoms with Crippen LogP contribution in [0.2, 0.25) is 0 Å². The van der Waals surface area contributed by atoms with Gasteiger partial charge in [-0.3, -0.25) is 0 Å². The Bertz CT molecular complexity index is 181. The van der Waals surface area contributed by atoms with Crippen LogP contribution in [-0.2, 0) is 11.2 Å². The summed E-state index contributed by atoms with van der Waals surface area (Å²) in [6.07, 6.45) is 0.898. The highest BCUT2D eigenvalue weighted by molar-refractivity contribution is 5.15. The monoisotopic (exact) mass is 149 g/mol. The molecule has 1 aromatic rings. The number of rotatable bonds is 4. The molecule has 1 heteroatoms. The van der Waals surface area contributed by atoms with Crippen LogP contribution in [0.3, 0.4) is 0 Å². The van der Waals surface area contributed by atoms with Gasteiger partial charge < -0.3 is 4.74 Å². The zero-order valence-electron chi connectivity index (χ0n) is 6.79. The molecule has 0 aliphatic carbocycles. The molecule has 11 heavy (non-hydrogen) atoms. The summed E-state index contributed by atoms with van der Waals surface area (Å²) in [5.41, 5.74) is 1.29. The van der Waals surface area contributed by atoms with Gasteiger partial charge >= 0.3 is 0 Å². The Morgan fingerprint density at radius 1 is 1.27 bits per heavy atom. The second-order valence-electron chi connectivity index (χ2n) is 2.31. The van der Waals surface area contributed by atoms with Gasteiger partial charge in [0, 0.05) is 13.0 Å². The van der Waals surface area contributed by atoms with Crippen LogP contribution in [0.15, 0.2) is 30.3 Å². The fourth-order valence-electron chi connectivity index (χ4n) is 0.887. The second kappa shape index (κ2) is 4.91. The standard InChI is InChI=1S/C10H13O/c1-2-11-9-8-10-6-4-3-5-7-10/h3-7,9H,2,8H2,1H3. The van der Waals surface area contributed by atoms with Crippen LogP contribution >= 0.6 is 0 Å². The zero-order valence-corrected chi connectivity index (χ0v) is 6.79. The minimum atomic E-state index is 0.757. The molecule has 0 unspecified atom stereocenters. The summed E-state index contributed by atoms with van der Waals surface area (Å²) < 4.78 is 5.11. The summed E-state index contributed by atoms with van der Waals surface area (Å²) in [6.45, 7) is 4.59. The van der Waals surface area contributed by atoms with Gasteiger partial charge in [0.15, 0.2) is 0 Å². The quantitative estimate of drug-likeness (QED) is 0.597. The maximum absolute atomic E-state index is 5.11. The molecule has 0 aromatic heterocycles. The van der Waals surface area contributed by atoms with E-state index in [2.05, 4.69) is 12.1 Å². The minimum Gasteiger partial charge on any atom is -0.375 e. The molecule has 0 bridgehead atoms. The third-order valence-corrected chi connectivity index (χ3v) is 1.45. The van der Waals surface area contributed by atoms with Crippen molar-refractivity contribution in [3.8, 4) is 0 Å². The van der Waals surface area contributed by atoms with Gasteiger partial charge in [0.2, 0.25) is 0 Å². The molecule has 0 aliphatic rings. The van der Waals surface area contributed by atoms with Crippen molar-refractivity contribution >= 4 is 0 Å². The van der Waals surface area contributed by atoms with E-state index in [0.29, 0.717) is 0 Å². The minimum absolute atomic E-state index is 0.757. The zero-order chi connectivity index (χ0) is 7.94. The van der Waals surface area contributed by atoms with E-state index >= 15 is 0 Å². The first-order valence-electron chi connectivity index (χ1n) is 3.90. The molecule has 0 heterocycles. The molecule has 0 saturated heterocycles. The lowest BCUT2D eigenvalue weighted by molar-refractivity contribution is 0.212. The highest BCUT2D eigenvalue weighted by Gasteiger charge is 1.89. The lowest BCUT2D eigenvalue weighted by Gasteiger charge is -1.99. The summed E-state index contributed by atoms with van der Waals surface area (Å²) in [5, 5.41) is 0. The summed E-state index contributed by atoms with van der Waals surface area (Å²) in [7, 11) is 0. The van der Waals surface area contributed by atoms with Gasteiger partial charge in [-0.2, -0.15) is 0 Å². The molecule has 59 valence electrons. The fourth-order valence-corrected chi connectivity index (χ4v) is 0.887. The second-order valence-corrected chi connectivity index (χ2v) is 2.31. The van der Waals surface area contributed by atoms with Crippen molar-refractivity contribution in [2.24, 2.45) is 0 Å². The van der Waals surface area contributed by atoms with E-state index in [0.717, 1.165) is 13.0 Å².